The van der Waals surface area contributed by atoms with E-state index >= 15 is 0 Å². The summed E-state index contributed by atoms with van der Waals surface area (Å²) in [5.74, 6) is 1.54. The Balaban J connectivity index is 2.01. The minimum Gasteiger partial charge on any atom is -0.485 e. The fraction of sp³-hybridized carbons (Fsp3) is 0.533. The van der Waals surface area contributed by atoms with E-state index in [9.17, 15) is 8.42 Å². The third-order valence-electron chi connectivity index (χ3n) is 3.55. The van der Waals surface area contributed by atoms with Crippen molar-refractivity contribution in [2.45, 2.75) is 18.9 Å². The average Bonchev–Trinajstić information content (AvgIpc) is 2.95. The second-order valence-electron chi connectivity index (χ2n) is 5.50. The summed E-state index contributed by atoms with van der Waals surface area (Å²) >= 11 is 0. The average molecular weight is 325 g/mol. The van der Waals surface area contributed by atoms with Gasteiger partial charge in [0.25, 0.3) is 0 Å². The molecule has 22 heavy (non-hydrogen) atoms. The van der Waals surface area contributed by atoms with Crippen LogP contribution in [0.1, 0.15) is 12.8 Å². The fourth-order valence-electron chi connectivity index (χ4n) is 2.40. The molecule has 1 aromatic heterocycles. The number of rotatable bonds is 7. The molecule has 0 spiro atoms. The molecule has 2 rings (SSSR count). The molecule has 122 valence electrons. The Bertz CT molecular complexity index is 616. The van der Waals surface area contributed by atoms with Crippen LogP contribution in [0.25, 0.3) is 0 Å². The summed E-state index contributed by atoms with van der Waals surface area (Å²) in [6.07, 6.45) is 4.36. The third-order valence-corrected chi connectivity index (χ3v) is 5.42. The van der Waals surface area contributed by atoms with E-state index in [1.165, 1.54) is 4.31 Å². The van der Waals surface area contributed by atoms with E-state index in [0.29, 0.717) is 31.7 Å². The van der Waals surface area contributed by atoms with Crippen LogP contribution in [0.3, 0.4) is 0 Å². The second kappa shape index (κ2) is 7.11. The van der Waals surface area contributed by atoms with Crippen LogP contribution in [0.15, 0.2) is 31.0 Å². The molecule has 0 aromatic carbocycles. The van der Waals surface area contributed by atoms with Crippen molar-refractivity contribution >= 4 is 15.8 Å². The minimum atomic E-state index is -3.22. The molecule has 0 aliphatic carbocycles. The quantitative estimate of drug-likeness (QED) is 0.711. The van der Waals surface area contributed by atoms with Crippen LogP contribution in [-0.2, 0) is 10.0 Å². The SMILES string of the molecule is C=CCCS(=O)(=O)N1CC[C@H](Oc2cccnc2N(C)C)C1. The molecule has 1 atom stereocenters. The van der Waals surface area contributed by atoms with Gasteiger partial charge in [-0.3, -0.25) is 0 Å². The van der Waals surface area contributed by atoms with Crippen molar-refractivity contribution < 1.29 is 13.2 Å². The van der Waals surface area contributed by atoms with Gasteiger partial charge in [-0.15, -0.1) is 6.58 Å². The summed E-state index contributed by atoms with van der Waals surface area (Å²) in [5.41, 5.74) is 0. The van der Waals surface area contributed by atoms with Gasteiger partial charge in [-0.05, 0) is 25.0 Å². The molecule has 0 saturated carbocycles. The largest absolute Gasteiger partial charge is 0.485 e. The Hall–Kier alpha value is -1.60. The lowest BCUT2D eigenvalue weighted by molar-refractivity contribution is 0.215. The van der Waals surface area contributed by atoms with E-state index < -0.39 is 10.0 Å². The van der Waals surface area contributed by atoms with Crippen LogP contribution in [0.4, 0.5) is 5.82 Å². The van der Waals surface area contributed by atoms with Gasteiger partial charge in [0.1, 0.15) is 6.10 Å². The van der Waals surface area contributed by atoms with Gasteiger partial charge in [0.05, 0.1) is 12.3 Å². The maximum Gasteiger partial charge on any atom is 0.214 e. The maximum atomic E-state index is 12.2. The number of anilines is 1. The highest BCUT2D eigenvalue weighted by Crippen LogP contribution is 2.27. The number of nitrogens with zero attached hydrogens (tertiary/aromatic N) is 3. The van der Waals surface area contributed by atoms with Crippen molar-refractivity contribution in [2.24, 2.45) is 0 Å². The van der Waals surface area contributed by atoms with Gasteiger partial charge in [-0.25, -0.2) is 13.4 Å². The molecule has 6 nitrogen and oxygen atoms in total. The van der Waals surface area contributed by atoms with Crippen LogP contribution < -0.4 is 9.64 Å². The summed E-state index contributed by atoms with van der Waals surface area (Å²) in [6.45, 7) is 4.46. The highest BCUT2D eigenvalue weighted by Gasteiger charge is 2.32. The predicted octanol–water partition coefficient (Wildman–Crippen LogP) is 1.51. The first-order valence-electron chi connectivity index (χ1n) is 7.32. The van der Waals surface area contributed by atoms with Crippen molar-refractivity contribution in [1.82, 2.24) is 9.29 Å². The smallest absolute Gasteiger partial charge is 0.214 e. The molecule has 0 unspecified atom stereocenters. The molecular formula is C15H23N3O3S. The molecule has 1 aliphatic rings. The van der Waals surface area contributed by atoms with Crippen LogP contribution in [0.2, 0.25) is 0 Å². The van der Waals surface area contributed by atoms with Gasteiger partial charge in [0.15, 0.2) is 11.6 Å². The zero-order valence-corrected chi connectivity index (χ0v) is 13.9. The van der Waals surface area contributed by atoms with Gasteiger partial charge >= 0.3 is 0 Å². The lowest BCUT2D eigenvalue weighted by Crippen LogP contribution is -2.32. The Kier molecular flexibility index (Phi) is 5.42. The van der Waals surface area contributed by atoms with Crippen LogP contribution in [-0.4, -0.2) is 56.7 Å². The predicted molar refractivity (Wildman–Crippen MR) is 87.8 cm³/mol. The molecular weight excluding hydrogens is 302 g/mol. The van der Waals surface area contributed by atoms with Crippen LogP contribution in [0.5, 0.6) is 5.75 Å². The van der Waals surface area contributed by atoms with Gasteiger partial charge in [0.2, 0.25) is 10.0 Å². The molecule has 7 heteroatoms. The monoisotopic (exact) mass is 325 g/mol. The van der Waals surface area contributed by atoms with Crippen molar-refractivity contribution in [3.8, 4) is 5.75 Å². The lowest BCUT2D eigenvalue weighted by atomic mass is 10.3. The molecule has 0 bridgehead atoms. The summed E-state index contributed by atoms with van der Waals surface area (Å²) in [4.78, 5) is 6.16. The zero-order valence-electron chi connectivity index (χ0n) is 13.1. The van der Waals surface area contributed by atoms with Gasteiger partial charge in [-0.1, -0.05) is 6.08 Å². The Morgan fingerprint density at radius 1 is 1.55 bits per heavy atom. The van der Waals surface area contributed by atoms with E-state index in [1.807, 2.05) is 31.1 Å². The van der Waals surface area contributed by atoms with Gasteiger partial charge < -0.3 is 9.64 Å². The number of hydrogen-bond acceptors (Lipinski definition) is 5. The van der Waals surface area contributed by atoms with Crippen LogP contribution >= 0.6 is 0 Å². The first-order valence-corrected chi connectivity index (χ1v) is 8.92. The molecule has 1 aromatic rings. The molecule has 1 fully saturated rings. The highest BCUT2D eigenvalue weighted by molar-refractivity contribution is 7.89. The molecule has 0 amide bonds. The topological polar surface area (TPSA) is 62.7 Å². The van der Waals surface area contributed by atoms with Crippen molar-refractivity contribution in [3.05, 3.63) is 31.0 Å². The summed E-state index contributed by atoms with van der Waals surface area (Å²) in [5, 5.41) is 0. The van der Waals surface area contributed by atoms with Crippen molar-refractivity contribution in [2.75, 3.05) is 37.8 Å². The summed E-state index contributed by atoms with van der Waals surface area (Å²) in [6, 6.07) is 3.67. The number of pyridine rings is 1. The van der Waals surface area contributed by atoms with Gasteiger partial charge in [0, 0.05) is 26.8 Å². The standard InChI is InChI=1S/C15H23N3O3S/c1-4-5-11-22(19,20)18-10-8-13(12-18)21-14-7-6-9-16-15(14)17(2)3/h4,6-7,9,13H,1,5,8,10-12H2,2-3H3/t13-/m0/s1. The highest BCUT2D eigenvalue weighted by atomic mass is 32.2. The lowest BCUT2D eigenvalue weighted by Gasteiger charge is -2.20. The molecule has 0 radical (unpaired) electrons. The molecule has 1 aliphatic heterocycles. The Morgan fingerprint density at radius 2 is 2.32 bits per heavy atom. The second-order valence-corrected chi connectivity index (χ2v) is 7.59. The first kappa shape index (κ1) is 16.8. The normalized spacial score (nSPS) is 19.1. The molecule has 2 heterocycles. The van der Waals surface area contributed by atoms with Gasteiger partial charge in [-0.2, -0.15) is 4.31 Å². The third kappa shape index (κ3) is 3.98. The molecule has 0 N–H and O–H groups in total. The van der Waals surface area contributed by atoms with E-state index in [4.69, 9.17) is 4.74 Å². The van der Waals surface area contributed by atoms with Crippen molar-refractivity contribution in [3.63, 3.8) is 0 Å². The van der Waals surface area contributed by atoms with E-state index in [1.54, 1.807) is 12.3 Å². The Morgan fingerprint density at radius 3 is 3.00 bits per heavy atom. The maximum absolute atomic E-state index is 12.2. The van der Waals surface area contributed by atoms with Crippen molar-refractivity contribution in [1.29, 1.82) is 0 Å². The summed E-state index contributed by atoms with van der Waals surface area (Å²) < 4.78 is 31.8. The summed E-state index contributed by atoms with van der Waals surface area (Å²) in [7, 11) is 0.580. The van der Waals surface area contributed by atoms with E-state index in [-0.39, 0.29) is 11.9 Å². The number of aromatic nitrogens is 1. The number of hydrogen-bond donors (Lipinski definition) is 0. The number of allylic oxidation sites excluding steroid dienone is 1. The number of ether oxygens (including phenoxy) is 1. The Labute approximate surface area is 132 Å². The van der Waals surface area contributed by atoms with Crippen LogP contribution in [0, 0.1) is 0 Å². The zero-order chi connectivity index (χ0) is 16.2. The number of sulfonamides is 1. The van der Waals surface area contributed by atoms with E-state index in [2.05, 4.69) is 11.6 Å². The van der Waals surface area contributed by atoms with E-state index in [0.717, 1.165) is 5.82 Å². The minimum absolute atomic E-state index is 0.110. The fourth-order valence-corrected chi connectivity index (χ4v) is 3.90. The molecule has 1 saturated heterocycles. The first-order chi connectivity index (χ1) is 10.4.